The van der Waals surface area contributed by atoms with Crippen molar-refractivity contribution in [1.29, 1.82) is 0 Å². The molecule has 94 valence electrons. The Morgan fingerprint density at radius 1 is 1.47 bits per heavy atom. The first-order valence-electron chi connectivity index (χ1n) is 5.51. The van der Waals surface area contributed by atoms with E-state index >= 15 is 0 Å². The summed E-state index contributed by atoms with van der Waals surface area (Å²) in [6.45, 7) is 5.31. The van der Waals surface area contributed by atoms with Crippen LogP contribution in [0.4, 0.5) is 0 Å². The van der Waals surface area contributed by atoms with Gasteiger partial charge in [-0.05, 0) is 18.1 Å². The largest absolute Gasteiger partial charge is 0.465 e. The fourth-order valence-corrected chi connectivity index (χ4v) is 1.12. The number of hydrogen-bond donors (Lipinski definition) is 1. The third-order valence-corrected chi connectivity index (χ3v) is 2.02. The molecule has 1 heterocycles. The van der Waals surface area contributed by atoms with Gasteiger partial charge in [0.1, 0.15) is 0 Å². The zero-order valence-corrected chi connectivity index (χ0v) is 10.4. The van der Waals surface area contributed by atoms with E-state index in [2.05, 4.69) is 29.0 Å². The fourth-order valence-electron chi connectivity index (χ4n) is 1.12. The SMILES string of the molecule is COC(=O)c1ccc(CNOCC(C)C)nc1. The number of nitrogens with zero attached hydrogens (tertiary/aromatic N) is 1. The molecule has 0 unspecified atom stereocenters. The third kappa shape index (κ3) is 4.93. The summed E-state index contributed by atoms with van der Waals surface area (Å²) in [5.41, 5.74) is 4.07. The van der Waals surface area contributed by atoms with Crippen molar-refractivity contribution in [3.05, 3.63) is 29.6 Å². The van der Waals surface area contributed by atoms with Crippen LogP contribution in [0.1, 0.15) is 29.9 Å². The van der Waals surface area contributed by atoms with E-state index in [1.807, 2.05) is 0 Å². The number of nitrogens with one attached hydrogen (secondary N) is 1. The van der Waals surface area contributed by atoms with Crippen LogP contribution in [-0.4, -0.2) is 24.7 Å². The van der Waals surface area contributed by atoms with E-state index in [1.165, 1.54) is 13.3 Å². The van der Waals surface area contributed by atoms with Crippen molar-refractivity contribution in [2.45, 2.75) is 20.4 Å². The molecule has 5 nitrogen and oxygen atoms in total. The second-order valence-corrected chi connectivity index (χ2v) is 4.06. The Hall–Kier alpha value is -1.46. The molecule has 0 aliphatic carbocycles. The molecule has 5 heteroatoms. The van der Waals surface area contributed by atoms with Crippen LogP contribution < -0.4 is 5.48 Å². The molecule has 1 N–H and O–H groups in total. The number of aromatic nitrogens is 1. The van der Waals surface area contributed by atoms with Gasteiger partial charge in [-0.2, -0.15) is 5.48 Å². The predicted octanol–water partition coefficient (Wildman–Crippen LogP) is 1.55. The minimum Gasteiger partial charge on any atom is -0.465 e. The Bertz CT molecular complexity index is 349. The zero-order chi connectivity index (χ0) is 12.7. The Morgan fingerprint density at radius 2 is 2.24 bits per heavy atom. The van der Waals surface area contributed by atoms with Gasteiger partial charge >= 0.3 is 5.97 Å². The average molecular weight is 238 g/mol. The summed E-state index contributed by atoms with van der Waals surface area (Å²) in [6.07, 6.45) is 1.49. The van der Waals surface area contributed by atoms with Gasteiger partial charge in [-0.3, -0.25) is 4.98 Å². The number of hydroxylamine groups is 1. The maximum atomic E-state index is 11.2. The maximum Gasteiger partial charge on any atom is 0.339 e. The third-order valence-electron chi connectivity index (χ3n) is 2.02. The average Bonchev–Trinajstić information content (AvgIpc) is 2.34. The molecule has 0 radical (unpaired) electrons. The van der Waals surface area contributed by atoms with Gasteiger partial charge < -0.3 is 9.57 Å². The second-order valence-electron chi connectivity index (χ2n) is 4.06. The highest BCUT2D eigenvalue weighted by Crippen LogP contribution is 2.02. The van der Waals surface area contributed by atoms with Gasteiger partial charge in [-0.15, -0.1) is 0 Å². The molecule has 0 amide bonds. The van der Waals surface area contributed by atoms with Crippen LogP contribution in [0.15, 0.2) is 18.3 Å². The van der Waals surface area contributed by atoms with Crippen molar-refractivity contribution in [2.24, 2.45) is 5.92 Å². The van der Waals surface area contributed by atoms with E-state index in [1.54, 1.807) is 12.1 Å². The molecule has 1 aromatic heterocycles. The summed E-state index contributed by atoms with van der Waals surface area (Å²) in [5, 5.41) is 0. The normalized spacial score (nSPS) is 10.6. The lowest BCUT2D eigenvalue weighted by Gasteiger charge is -2.07. The predicted molar refractivity (Wildman–Crippen MR) is 63.2 cm³/mol. The molecule has 0 saturated heterocycles. The monoisotopic (exact) mass is 238 g/mol. The standard InChI is InChI=1S/C12H18N2O3/c1-9(2)8-17-14-7-11-5-4-10(6-13-11)12(15)16-3/h4-6,9,14H,7-8H2,1-3H3. The van der Waals surface area contributed by atoms with Gasteiger partial charge in [-0.25, -0.2) is 4.79 Å². The molecule has 1 rings (SSSR count). The molecule has 17 heavy (non-hydrogen) atoms. The highest BCUT2D eigenvalue weighted by Gasteiger charge is 2.05. The van der Waals surface area contributed by atoms with Crippen molar-refractivity contribution in [3.8, 4) is 0 Å². The Morgan fingerprint density at radius 3 is 2.76 bits per heavy atom. The molecule has 0 fully saturated rings. The molecular formula is C12H18N2O3. The zero-order valence-electron chi connectivity index (χ0n) is 10.4. The van der Waals surface area contributed by atoms with Crippen molar-refractivity contribution < 1.29 is 14.4 Å². The minimum absolute atomic E-state index is 0.381. The first-order valence-corrected chi connectivity index (χ1v) is 5.51. The summed E-state index contributed by atoms with van der Waals surface area (Å²) >= 11 is 0. The quantitative estimate of drug-likeness (QED) is 0.463. The van der Waals surface area contributed by atoms with Gasteiger partial charge in [-0.1, -0.05) is 13.8 Å². The maximum absolute atomic E-state index is 11.2. The smallest absolute Gasteiger partial charge is 0.339 e. The van der Waals surface area contributed by atoms with Crippen molar-refractivity contribution in [3.63, 3.8) is 0 Å². The van der Waals surface area contributed by atoms with E-state index in [0.717, 1.165) is 5.69 Å². The highest BCUT2D eigenvalue weighted by molar-refractivity contribution is 5.88. The highest BCUT2D eigenvalue weighted by atomic mass is 16.6. The van der Waals surface area contributed by atoms with Crippen LogP contribution in [0.25, 0.3) is 0 Å². The number of hydrogen-bond acceptors (Lipinski definition) is 5. The Labute approximate surface area is 101 Å². The minimum atomic E-state index is -0.381. The first kappa shape index (κ1) is 13.6. The molecule has 0 aromatic carbocycles. The topological polar surface area (TPSA) is 60.5 Å². The lowest BCUT2D eigenvalue weighted by molar-refractivity contribution is 0.0190. The molecule has 0 spiro atoms. The fraction of sp³-hybridized carbons (Fsp3) is 0.500. The summed E-state index contributed by atoms with van der Waals surface area (Å²) in [7, 11) is 1.34. The number of ether oxygens (including phenoxy) is 1. The van der Waals surface area contributed by atoms with Crippen LogP contribution >= 0.6 is 0 Å². The number of carbonyl (C=O) groups excluding carboxylic acids is 1. The van der Waals surface area contributed by atoms with Crippen molar-refractivity contribution >= 4 is 5.97 Å². The van der Waals surface area contributed by atoms with Gasteiger partial charge in [0, 0.05) is 6.20 Å². The number of esters is 1. The summed E-state index contributed by atoms with van der Waals surface area (Å²) in [6, 6.07) is 3.44. The Balaban J connectivity index is 2.38. The van der Waals surface area contributed by atoms with E-state index in [0.29, 0.717) is 24.6 Å². The van der Waals surface area contributed by atoms with Crippen molar-refractivity contribution in [2.75, 3.05) is 13.7 Å². The molecule has 0 atom stereocenters. The van der Waals surface area contributed by atoms with Gasteiger partial charge in [0.15, 0.2) is 0 Å². The van der Waals surface area contributed by atoms with Crippen LogP contribution in [0.5, 0.6) is 0 Å². The van der Waals surface area contributed by atoms with Gasteiger partial charge in [0.2, 0.25) is 0 Å². The van der Waals surface area contributed by atoms with E-state index < -0.39 is 0 Å². The van der Waals surface area contributed by atoms with Crippen LogP contribution in [0.2, 0.25) is 0 Å². The number of pyridine rings is 1. The van der Waals surface area contributed by atoms with E-state index in [4.69, 9.17) is 4.84 Å². The van der Waals surface area contributed by atoms with Gasteiger partial charge in [0.25, 0.3) is 0 Å². The molecule has 0 aliphatic heterocycles. The summed E-state index contributed by atoms with van der Waals surface area (Å²) in [5.74, 6) is 0.102. The second kappa shape index (κ2) is 6.98. The number of rotatable bonds is 6. The summed E-state index contributed by atoms with van der Waals surface area (Å²) < 4.78 is 4.58. The van der Waals surface area contributed by atoms with Crippen LogP contribution in [0.3, 0.4) is 0 Å². The first-order chi connectivity index (χ1) is 8.13. The van der Waals surface area contributed by atoms with Gasteiger partial charge in [0.05, 0.1) is 31.5 Å². The lowest BCUT2D eigenvalue weighted by Crippen LogP contribution is -2.18. The molecule has 0 bridgehead atoms. The van der Waals surface area contributed by atoms with Crippen LogP contribution in [-0.2, 0) is 16.1 Å². The van der Waals surface area contributed by atoms with E-state index in [-0.39, 0.29) is 5.97 Å². The molecule has 1 aromatic rings. The number of methoxy groups -OCH3 is 1. The van der Waals surface area contributed by atoms with E-state index in [9.17, 15) is 4.79 Å². The lowest BCUT2D eigenvalue weighted by atomic mass is 10.2. The number of carbonyl (C=O) groups is 1. The van der Waals surface area contributed by atoms with Crippen molar-refractivity contribution in [1.82, 2.24) is 10.5 Å². The summed E-state index contributed by atoms with van der Waals surface area (Å²) in [4.78, 5) is 20.5. The molecule has 0 aliphatic rings. The Kier molecular flexibility index (Phi) is 5.59. The van der Waals surface area contributed by atoms with Crippen LogP contribution in [0, 0.1) is 5.92 Å². The molecule has 0 saturated carbocycles. The molecular weight excluding hydrogens is 220 g/mol.